The maximum atomic E-state index is 10.8. The van der Waals surface area contributed by atoms with Crippen LogP contribution in [0.5, 0.6) is 0 Å². The van der Waals surface area contributed by atoms with Gasteiger partial charge in [-0.1, -0.05) is 6.07 Å². The first kappa shape index (κ1) is 10.2. The quantitative estimate of drug-likeness (QED) is 0.797. The van der Waals surface area contributed by atoms with Crippen molar-refractivity contribution in [1.29, 1.82) is 0 Å². The van der Waals surface area contributed by atoms with E-state index in [0.29, 0.717) is 11.4 Å². The molecule has 1 aromatic carbocycles. The number of carboxylic acids is 1. The third-order valence-electron chi connectivity index (χ3n) is 2.29. The zero-order valence-corrected chi connectivity index (χ0v) is 8.71. The number of aromatic carboxylic acids is 1. The van der Waals surface area contributed by atoms with Crippen molar-refractivity contribution in [2.24, 2.45) is 0 Å². The van der Waals surface area contributed by atoms with Gasteiger partial charge in [-0.05, 0) is 25.1 Å². The topological polar surface area (TPSA) is 81.1 Å². The molecule has 0 bridgehead atoms. The SMILES string of the molecule is Cc1nn(-c2cccc(C(=O)O)c2)cc1N. The fourth-order valence-corrected chi connectivity index (χ4v) is 1.39. The Bertz CT molecular complexity index is 526. The molecule has 0 atom stereocenters. The number of hydrogen-bond acceptors (Lipinski definition) is 3. The Morgan fingerprint density at radius 2 is 2.25 bits per heavy atom. The lowest BCUT2D eigenvalue weighted by Gasteiger charge is -2.01. The Labute approximate surface area is 92.1 Å². The Balaban J connectivity index is 2.48. The molecular formula is C11H11N3O2. The average Bonchev–Trinajstić information content (AvgIpc) is 2.59. The summed E-state index contributed by atoms with van der Waals surface area (Å²) < 4.78 is 1.57. The number of nitrogen functional groups attached to an aromatic ring is 1. The molecule has 0 saturated carbocycles. The summed E-state index contributed by atoms with van der Waals surface area (Å²) >= 11 is 0. The largest absolute Gasteiger partial charge is 0.478 e. The van der Waals surface area contributed by atoms with Crippen LogP contribution in [0.25, 0.3) is 5.69 Å². The van der Waals surface area contributed by atoms with Gasteiger partial charge in [-0.2, -0.15) is 5.10 Å². The molecule has 0 aliphatic rings. The van der Waals surface area contributed by atoms with Gasteiger partial charge in [0, 0.05) is 0 Å². The molecule has 2 aromatic rings. The molecular weight excluding hydrogens is 206 g/mol. The van der Waals surface area contributed by atoms with Crippen LogP contribution in [0, 0.1) is 6.92 Å². The molecule has 0 amide bonds. The van der Waals surface area contributed by atoms with Gasteiger partial charge in [0.15, 0.2) is 0 Å². The van der Waals surface area contributed by atoms with E-state index in [-0.39, 0.29) is 5.56 Å². The third-order valence-corrected chi connectivity index (χ3v) is 2.29. The molecule has 0 radical (unpaired) electrons. The third kappa shape index (κ3) is 1.75. The molecule has 16 heavy (non-hydrogen) atoms. The summed E-state index contributed by atoms with van der Waals surface area (Å²) in [5.74, 6) is -0.960. The zero-order chi connectivity index (χ0) is 11.7. The van der Waals surface area contributed by atoms with E-state index in [4.69, 9.17) is 10.8 Å². The second-order valence-corrected chi connectivity index (χ2v) is 3.47. The summed E-state index contributed by atoms with van der Waals surface area (Å²) in [5, 5.41) is 13.0. The molecule has 0 aliphatic heterocycles. The lowest BCUT2D eigenvalue weighted by atomic mass is 10.2. The van der Waals surface area contributed by atoms with Crippen LogP contribution in [-0.2, 0) is 0 Å². The van der Waals surface area contributed by atoms with Crippen molar-refractivity contribution in [2.75, 3.05) is 5.73 Å². The normalized spacial score (nSPS) is 10.3. The highest BCUT2D eigenvalue weighted by molar-refractivity contribution is 5.88. The first-order valence-electron chi connectivity index (χ1n) is 4.73. The van der Waals surface area contributed by atoms with Gasteiger partial charge >= 0.3 is 5.97 Å². The highest BCUT2D eigenvalue weighted by Gasteiger charge is 2.06. The van der Waals surface area contributed by atoms with Crippen molar-refractivity contribution in [3.8, 4) is 5.69 Å². The summed E-state index contributed by atoms with van der Waals surface area (Å²) in [6.45, 7) is 1.80. The van der Waals surface area contributed by atoms with Gasteiger partial charge in [0.05, 0.1) is 28.8 Å². The maximum absolute atomic E-state index is 10.8. The summed E-state index contributed by atoms with van der Waals surface area (Å²) in [4.78, 5) is 10.8. The minimum atomic E-state index is -0.960. The Morgan fingerprint density at radius 1 is 1.50 bits per heavy atom. The maximum Gasteiger partial charge on any atom is 0.335 e. The van der Waals surface area contributed by atoms with Crippen LogP contribution in [-0.4, -0.2) is 20.9 Å². The lowest BCUT2D eigenvalue weighted by Crippen LogP contribution is -2.00. The number of hydrogen-bond donors (Lipinski definition) is 2. The second kappa shape index (κ2) is 3.69. The van der Waals surface area contributed by atoms with Crippen molar-refractivity contribution >= 4 is 11.7 Å². The summed E-state index contributed by atoms with van der Waals surface area (Å²) in [6, 6.07) is 6.53. The minimum absolute atomic E-state index is 0.226. The van der Waals surface area contributed by atoms with E-state index in [1.807, 2.05) is 0 Å². The van der Waals surface area contributed by atoms with Crippen molar-refractivity contribution < 1.29 is 9.90 Å². The number of carboxylic acid groups (broad SMARTS) is 1. The zero-order valence-electron chi connectivity index (χ0n) is 8.71. The number of aryl methyl sites for hydroxylation is 1. The van der Waals surface area contributed by atoms with Crippen LogP contribution in [0.2, 0.25) is 0 Å². The monoisotopic (exact) mass is 217 g/mol. The number of anilines is 1. The molecule has 3 N–H and O–H groups in total. The van der Waals surface area contributed by atoms with Gasteiger partial charge in [0.2, 0.25) is 0 Å². The van der Waals surface area contributed by atoms with E-state index in [1.165, 1.54) is 6.07 Å². The van der Waals surface area contributed by atoms with Gasteiger partial charge in [-0.15, -0.1) is 0 Å². The first-order valence-corrected chi connectivity index (χ1v) is 4.73. The van der Waals surface area contributed by atoms with Gasteiger partial charge in [-0.25, -0.2) is 9.48 Å². The number of nitrogens with two attached hydrogens (primary N) is 1. The first-order chi connectivity index (χ1) is 7.58. The van der Waals surface area contributed by atoms with Crippen molar-refractivity contribution in [2.45, 2.75) is 6.92 Å². The van der Waals surface area contributed by atoms with E-state index in [0.717, 1.165) is 5.69 Å². The Morgan fingerprint density at radius 3 is 2.81 bits per heavy atom. The fourth-order valence-electron chi connectivity index (χ4n) is 1.39. The molecule has 1 aromatic heterocycles. The van der Waals surface area contributed by atoms with Gasteiger partial charge in [0.25, 0.3) is 0 Å². The minimum Gasteiger partial charge on any atom is -0.478 e. The van der Waals surface area contributed by atoms with Crippen molar-refractivity contribution in [1.82, 2.24) is 9.78 Å². The molecule has 1 heterocycles. The van der Waals surface area contributed by atoms with Gasteiger partial charge in [-0.3, -0.25) is 0 Å². The molecule has 5 heteroatoms. The number of rotatable bonds is 2. The van der Waals surface area contributed by atoms with E-state index in [2.05, 4.69) is 5.10 Å². The van der Waals surface area contributed by atoms with Gasteiger partial charge in [0.1, 0.15) is 0 Å². The van der Waals surface area contributed by atoms with E-state index in [1.54, 1.807) is 36.0 Å². The predicted octanol–water partition coefficient (Wildman–Crippen LogP) is 1.46. The molecule has 5 nitrogen and oxygen atoms in total. The van der Waals surface area contributed by atoms with Gasteiger partial charge < -0.3 is 10.8 Å². The summed E-state index contributed by atoms with van der Waals surface area (Å²) in [7, 11) is 0. The molecule has 0 aliphatic carbocycles. The molecule has 0 spiro atoms. The molecule has 0 unspecified atom stereocenters. The van der Waals surface area contributed by atoms with E-state index < -0.39 is 5.97 Å². The average molecular weight is 217 g/mol. The predicted molar refractivity (Wildman–Crippen MR) is 59.7 cm³/mol. The summed E-state index contributed by atoms with van der Waals surface area (Å²) in [5.41, 5.74) is 7.89. The number of aromatic nitrogens is 2. The van der Waals surface area contributed by atoms with Crippen LogP contribution in [0.4, 0.5) is 5.69 Å². The highest BCUT2D eigenvalue weighted by Crippen LogP contribution is 2.14. The van der Waals surface area contributed by atoms with Crippen LogP contribution in [0.15, 0.2) is 30.5 Å². The second-order valence-electron chi connectivity index (χ2n) is 3.47. The Hall–Kier alpha value is -2.30. The van der Waals surface area contributed by atoms with Crippen molar-refractivity contribution in [3.05, 3.63) is 41.7 Å². The van der Waals surface area contributed by atoms with E-state index in [9.17, 15) is 4.79 Å². The van der Waals surface area contributed by atoms with Crippen LogP contribution >= 0.6 is 0 Å². The standard InChI is InChI=1S/C11H11N3O2/c1-7-10(12)6-14(13-7)9-4-2-3-8(5-9)11(15)16/h2-6H,12H2,1H3,(H,15,16). The lowest BCUT2D eigenvalue weighted by molar-refractivity contribution is 0.0697. The number of carbonyl (C=O) groups is 1. The number of benzene rings is 1. The molecule has 0 saturated heterocycles. The van der Waals surface area contributed by atoms with Crippen LogP contribution < -0.4 is 5.73 Å². The number of nitrogens with zero attached hydrogens (tertiary/aromatic N) is 2. The molecule has 82 valence electrons. The highest BCUT2D eigenvalue weighted by atomic mass is 16.4. The van der Waals surface area contributed by atoms with E-state index >= 15 is 0 Å². The Kier molecular flexibility index (Phi) is 2.36. The van der Waals surface area contributed by atoms with Crippen LogP contribution in [0.1, 0.15) is 16.1 Å². The van der Waals surface area contributed by atoms with Crippen molar-refractivity contribution in [3.63, 3.8) is 0 Å². The fraction of sp³-hybridized carbons (Fsp3) is 0.0909. The van der Waals surface area contributed by atoms with Crippen LogP contribution in [0.3, 0.4) is 0 Å². The smallest absolute Gasteiger partial charge is 0.335 e. The molecule has 2 rings (SSSR count). The molecule has 0 fully saturated rings. The summed E-state index contributed by atoms with van der Waals surface area (Å²) in [6.07, 6.45) is 1.66.